The zero-order chi connectivity index (χ0) is 15.1. The number of fused-ring (bicyclic) bond motifs is 1. The van der Waals surface area contributed by atoms with Crippen molar-refractivity contribution in [2.45, 2.75) is 70.1 Å². The normalized spacial score (nSPS) is 25.8. The number of hydrogen-bond donors (Lipinski definition) is 1. The zero-order valence-electron chi connectivity index (χ0n) is 13.3. The average Bonchev–Trinajstić information content (AvgIpc) is 2.72. The smallest absolute Gasteiger partial charge is 0.136 e. The number of nitrogens with one attached hydrogen (secondary N) is 1. The van der Waals surface area contributed by atoms with Gasteiger partial charge in [-0.2, -0.15) is 0 Å². The molecule has 0 aliphatic heterocycles. The molecular formula is C17H26N2OS. The maximum atomic E-state index is 12.6. The third kappa shape index (κ3) is 2.86. The lowest BCUT2D eigenvalue weighted by molar-refractivity contribution is 0.152. The molecule has 0 bridgehead atoms. The van der Waals surface area contributed by atoms with Crippen LogP contribution in [0.5, 0.6) is 0 Å². The van der Waals surface area contributed by atoms with Gasteiger partial charge in [0.25, 0.3) is 0 Å². The fraction of sp³-hybridized carbons (Fsp3) is 0.706. The van der Waals surface area contributed by atoms with Crippen LogP contribution in [-0.2, 0) is 17.8 Å². The number of rotatable bonds is 2. The van der Waals surface area contributed by atoms with Gasteiger partial charge in [-0.25, -0.2) is 0 Å². The summed E-state index contributed by atoms with van der Waals surface area (Å²) in [7, 11) is 0. The van der Waals surface area contributed by atoms with E-state index in [1.807, 2.05) is 33.2 Å². The lowest BCUT2D eigenvalue weighted by Gasteiger charge is -2.40. The fourth-order valence-electron chi connectivity index (χ4n) is 3.87. The molecule has 0 aromatic carbocycles. The second kappa shape index (κ2) is 5.56. The quantitative estimate of drug-likeness (QED) is 0.848. The highest BCUT2D eigenvalue weighted by Gasteiger charge is 2.49. The molecule has 2 aliphatic carbocycles. The molecule has 0 amide bonds. The van der Waals surface area contributed by atoms with Crippen LogP contribution in [0.4, 0.5) is 0 Å². The van der Waals surface area contributed by atoms with Crippen molar-refractivity contribution in [2.75, 3.05) is 0 Å². The molecule has 116 valence electrons. The summed E-state index contributed by atoms with van der Waals surface area (Å²) in [4.78, 5) is 4.29. The Morgan fingerprint density at radius 3 is 2.67 bits per heavy atom. The van der Waals surface area contributed by atoms with E-state index in [-0.39, 0.29) is 16.2 Å². The Bertz CT molecular complexity index is 506. The van der Waals surface area contributed by atoms with Gasteiger partial charge in [0.15, 0.2) is 0 Å². The van der Waals surface area contributed by atoms with Crippen molar-refractivity contribution in [3.8, 4) is 0 Å². The maximum absolute atomic E-state index is 12.6. The largest absolute Gasteiger partial charge is 0.598 e. The SMILES string of the molecule is CC(C)(C)[S+]([O-])N[C@@H]1c2ccncc2CC12CCCCC2. The minimum Gasteiger partial charge on any atom is -0.598 e. The van der Waals surface area contributed by atoms with Gasteiger partial charge < -0.3 is 4.55 Å². The van der Waals surface area contributed by atoms with Gasteiger partial charge in [0.2, 0.25) is 0 Å². The highest BCUT2D eigenvalue weighted by molar-refractivity contribution is 7.90. The van der Waals surface area contributed by atoms with E-state index < -0.39 is 11.4 Å². The first-order valence-electron chi connectivity index (χ1n) is 8.03. The van der Waals surface area contributed by atoms with Crippen LogP contribution < -0.4 is 4.72 Å². The summed E-state index contributed by atoms with van der Waals surface area (Å²) < 4.78 is 15.9. The summed E-state index contributed by atoms with van der Waals surface area (Å²) in [6.45, 7) is 6.10. The third-order valence-corrected chi connectivity index (χ3v) is 6.60. The maximum Gasteiger partial charge on any atom is 0.136 e. The molecule has 1 fully saturated rings. The van der Waals surface area contributed by atoms with E-state index in [1.54, 1.807) is 0 Å². The van der Waals surface area contributed by atoms with Gasteiger partial charge in [0.05, 0.1) is 6.04 Å². The Labute approximate surface area is 131 Å². The van der Waals surface area contributed by atoms with Crippen LogP contribution in [0, 0.1) is 5.41 Å². The molecule has 1 aromatic heterocycles. The van der Waals surface area contributed by atoms with E-state index in [2.05, 4.69) is 15.8 Å². The van der Waals surface area contributed by atoms with Crippen LogP contribution >= 0.6 is 0 Å². The molecule has 2 aliphatic rings. The topological polar surface area (TPSA) is 48.0 Å². The molecule has 3 rings (SSSR count). The van der Waals surface area contributed by atoms with Crippen molar-refractivity contribution in [2.24, 2.45) is 5.41 Å². The third-order valence-electron chi connectivity index (χ3n) is 5.04. The van der Waals surface area contributed by atoms with E-state index in [4.69, 9.17) is 0 Å². The average molecular weight is 306 g/mol. The highest BCUT2D eigenvalue weighted by Crippen LogP contribution is 2.54. The Morgan fingerprint density at radius 1 is 1.29 bits per heavy atom. The summed E-state index contributed by atoms with van der Waals surface area (Å²) in [5.74, 6) is 0. The number of nitrogens with zero attached hydrogens (tertiary/aromatic N) is 1. The monoisotopic (exact) mass is 306 g/mol. The summed E-state index contributed by atoms with van der Waals surface area (Å²) >= 11 is -1.03. The van der Waals surface area contributed by atoms with Gasteiger partial charge in [-0.1, -0.05) is 19.3 Å². The van der Waals surface area contributed by atoms with E-state index in [1.165, 1.54) is 43.2 Å². The summed E-state index contributed by atoms with van der Waals surface area (Å²) in [6, 6.07) is 2.34. The highest BCUT2D eigenvalue weighted by atomic mass is 32.2. The van der Waals surface area contributed by atoms with E-state index in [0.29, 0.717) is 0 Å². The van der Waals surface area contributed by atoms with Gasteiger partial charge in [-0.15, -0.1) is 4.72 Å². The minimum atomic E-state index is -1.03. The van der Waals surface area contributed by atoms with Crippen LogP contribution in [0.15, 0.2) is 18.5 Å². The molecular weight excluding hydrogens is 280 g/mol. The van der Waals surface area contributed by atoms with Crippen molar-refractivity contribution in [1.82, 2.24) is 9.71 Å². The van der Waals surface area contributed by atoms with E-state index in [9.17, 15) is 4.55 Å². The molecule has 1 unspecified atom stereocenters. The van der Waals surface area contributed by atoms with Crippen LogP contribution in [0.3, 0.4) is 0 Å². The Hall–Kier alpha value is -0.580. The Balaban J connectivity index is 1.92. The van der Waals surface area contributed by atoms with Gasteiger partial charge in [-0.05, 0) is 62.6 Å². The predicted octanol–water partition coefficient (Wildman–Crippen LogP) is 3.68. The molecule has 3 nitrogen and oxygen atoms in total. The van der Waals surface area contributed by atoms with Crippen molar-refractivity contribution in [1.29, 1.82) is 0 Å². The zero-order valence-corrected chi connectivity index (χ0v) is 14.1. The van der Waals surface area contributed by atoms with Crippen LogP contribution in [0.25, 0.3) is 0 Å². The lowest BCUT2D eigenvalue weighted by atomic mass is 9.70. The molecule has 21 heavy (non-hydrogen) atoms. The molecule has 1 heterocycles. The second-order valence-corrected chi connectivity index (χ2v) is 9.60. The molecule has 0 saturated heterocycles. The predicted molar refractivity (Wildman–Crippen MR) is 87.2 cm³/mol. The first-order chi connectivity index (χ1) is 9.92. The molecule has 2 atom stereocenters. The van der Waals surface area contributed by atoms with Crippen molar-refractivity contribution in [3.63, 3.8) is 0 Å². The van der Waals surface area contributed by atoms with Gasteiger partial charge in [-0.3, -0.25) is 4.98 Å². The van der Waals surface area contributed by atoms with Crippen LogP contribution in [0.2, 0.25) is 0 Å². The van der Waals surface area contributed by atoms with Gasteiger partial charge in [0, 0.05) is 23.8 Å². The molecule has 1 aromatic rings. The minimum absolute atomic E-state index is 0.218. The fourth-order valence-corrected chi connectivity index (χ4v) is 4.82. The second-order valence-electron chi connectivity index (χ2n) is 7.61. The lowest BCUT2D eigenvalue weighted by Crippen LogP contribution is -2.46. The molecule has 4 heteroatoms. The van der Waals surface area contributed by atoms with E-state index in [0.717, 1.165) is 6.42 Å². The first kappa shape index (κ1) is 15.3. The van der Waals surface area contributed by atoms with Gasteiger partial charge >= 0.3 is 0 Å². The molecule has 1 spiro atoms. The summed E-state index contributed by atoms with van der Waals surface area (Å²) in [5, 5.41) is 0. The molecule has 1 saturated carbocycles. The summed E-state index contributed by atoms with van der Waals surface area (Å²) in [5.41, 5.74) is 2.93. The number of pyridine rings is 1. The van der Waals surface area contributed by atoms with E-state index >= 15 is 0 Å². The van der Waals surface area contributed by atoms with Crippen LogP contribution in [-0.4, -0.2) is 14.3 Å². The van der Waals surface area contributed by atoms with Crippen molar-refractivity contribution in [3.05, 3.63) is 29.6 Å². The van der Waals surface area contributed by atoms with Crippen molar-refractivity contribution >= 4 is 11.4 Å². The van der Waals surface area contributed by atoms with Gasteiger partial charge in [0.1, 0.15) is 4.75 Å². The van der Waals surface area contributed by atoms with Crippen molar-refractivity contribution < 1.29 is 4.55 Å². The standard InChI is InChI=1S/C17H26N2OS/c1-16(2,3)21(20)19-15-14-7-10-18-12-13(14)11-17(15)8-5-4-6-9-17/h7,10,12,15,19H,4-6,8-9,11H2,1-3H3/t15-,21?/m1/s1. The van der Waals surface area contributed by atoms with Crippen LogP contribution in [0.1, 0.15) is 70.0 Å². The first-order valence-corrected chi connectivity index (χ1v) is 9.18. The number of hydrogen-bond acceptors (Lipinski definition) is 3. The Morgan fingerprint density at radius 2 is 2.00 bits per heavy atom. The molecule has 0 radical (unpaired) electrons. The molecule has 1 N–H and O–H groups in total. The summed E-state index contributed by atoms with van der Waals surface area (Å²) in [6.07, 6.45) is 11.4. The number of aromatic nitrogens is 1. The Kier molecular flexibility index (Phi) is 4.06.